The van der Waals surface area contributed by atoms with Crippen molar-refractivity contribution < 1.29 is 26.4 Å². The molecule has 0 aliphatic carbocycles. The molecule has 1 aromatic rings. The van der Waals surface area contributed by atoms with Gasteiger partial charge in [-0.15, -0.1) is 0 Å². The van der Waals surface area contributed by atoms with Crippen molar-refractivity contribution in [2.75, 3.05) is 6.54 Å². The van der Waals surface area contributed by atoms with E-state index in [0.29, 0.717) is 18.9 Å². The van der Waals surface area contributed by atoms with E-state index in [1.807, 2.05) is 18.6 Å². The molecule has 0 heterocycles. The Morgan fingerprint density at radius 2 is 1.73 bits per heavy atom. The van der Waals surface area contributed by atoms with Gasteiger partial charge in [0.1, 0.15) is 0 Å². The molecule has 1 unspecified atom stereocenters. The van der Waals surface area contributed by atoms with Crippen LogP contribution in [0.1, 0.15) is 39.2 Å². The number of halogens is 3. The van der Waals surface area contributed by atoms with Crippen molar-refractivity contribution in [1.29, 1.82) is 0 Å². The van der Waals surface area contributed by atoms with Crippen molar-refractivity contribution in [3.8, 4) is 0 Å². The van der Waals surface area contributed by atoms with Gasteiger partial charge < -0.3 is 11.1 Å². The zero-order valence-corrected chi connectivity index (χ0v) is 15.7. The largest absolute Gasteiger partial charge is 0.417 e. The minimum atomic E-state index is -4.84. The molecule has 0 spiro atoms. The first kappa shape index (κ1) is 22.4. The molecule has 6 nitrogen and oxygen atoms in total. The van der Waals surface area contributed by atoms with Gasteiger partial charge in [0.2, 0.25) is 15.9 Å². The Kier molecular flexibility index (Phi) is 7.20. The number of carbonyl (C=O) groups is 1. The first-order chi connectivity index (χ1) is 11.9. The fourth-order valence-electron chi connectivity index (χ4n) is 2.20. The Hall–Kier alpha value is -1.65. The highest BCUT2D eigenvalue weighted by molar-refractivity contribution is 7.89. The fourth-order valence-corrected chi connectivity index (χ4v) is 3.63. The van der Waals surface area contributed by atoms with Crippen LogP contribution in [0.2, 0.25) is 0 Å². The number of nitrogens with one attached hydrogen (secondary N) is 2. The predicted molar refractivity (Wildman–Crippen MR) is 91.7 cm³/mol. The Balaban J connectivity index is 2.93. The van der Waals surface area contributed by atoms with Gasteiger partial charge in [0.05, 0.1) is 16.5 Å². The average molecular weight is 395 g/mol. The quantitative estimate of drug-likeness (QED) is 0.627. The molecule has 0 saturated carbocycles. The first-order valence-electron chi connectivity index (χ1n) is 8.11. The Morgan fingerprint density at radius 1 is 1.19 bits per heavy atom. The molecule has 0 aliphatic rings. The van der Waals surface area contributed by atoms with Crippen molar-refractivity contribution in [1.82, 2.24) is 10.0 Å². The van der Waals surface area contributed by atoms with Crippen LogP contribution in [-0.2, 0) is 21.0 Å². The van der Waals surface area contributed by atoms with Crippen LogP contribution < -0.4 is 15.8 Å². The number of benzene rings is 1. The van der Waals surface area contributed by atoms with Gasteiger partial charge in [-0.3, -0.25) is 4.79 Å². The molecule has 0 bridgehead atoms. The Morgan fingerprint density at radius 3 is 2.23 bits per heavy atom. The van der Waals surface area contributed by atoms with Crippen molar-refractivity contribution in [2.24, 2.45) is 5.73 Å². The summed E-state index contributed by atoms with van der Waals surface area (Å²) in [6, 6.07) is 2.52. The van der Waals surface area contributed by atoms with Gasteiger partial charge in [0.15, 0.2) is 0 Å². The number of hydrogen-bond acceptors (Lipinski definition) is 4. The molecule has 0 aromatic heterocycles. The normalized spacial score (nSPS) is 14.1. The molecule has 10 heteroatoms. The molecule has 1 amide bonds. The van der Waals surface area contributed by atoms with Crippen molar-refractivity contribution in [3.63, 3.8) is 0 Å². The Labute approximate surface area is 151 Å². The third-order valence-electron chi connectivity index (χ3n) is 4.23. The standard InChI is InChI=1S/C16H24F3N3O3S/c1-4-15(20,5-2)10-21-14(23)11(3)22-26(24,25)13-9-7-6-8-12(13)16(17,18)19/h6-9,11,22H,4-5,10,20H2,1-3H3,(H,21,23). The summed E-state index contributed by atoms with van der Waals surface area (Å²) in [6.45, 7) is 5.09. The molecule has 0 radical (unpaired) electrons. The third-order valence-corrected chi connectivity index (χ3v) is 5.83. The molecule has 0 aliphatic heterocycles. The van der Waals surface area contributed by atoms with Crippen LogP contribution in [0.5, 0.6) is 0 Å². The van der Waals surface area contributed by atoms with Crippen molar-refractivity contribution in [3.05, 3.63) is 29.8 Å². The second-order valence-corrected chi connectivity index (χ2v) is 7.81. The van der Waals surface area contributed by atoms with E-state index in [9.17, 15) is 26.4 Å². The van der Waals surface area contributed by atoms with Crippen LogP contribution in [-0.4, -0.2) is 32.5 Å². The summed E-state index contributed by atoms with van der Waals surface area (Å²) in [5.41, 5.74) is 4.13. The lowest BCUT2D eigenvalue weighted by Gasteiger charge is -2.27. The SMILES string of the molecule is CCC(N)(CC)CNC(=O)C(C)NS(=O)(=O)c1ccccc1C(F)(F)F. The molecule has 0 saturated heterocycles. The van der Waals surface area contributed by atoms with Gasteiger partial charge in [-0.1, -0.05) is 26.0 Å². The molecular weight excluding hydrogens is 371 g/mol. The lowest BCUT2D eigenvalue weighted by atomic mass is 9.94. The maximum atomic E-state index is 13.0. The number of sulfonamides is 1. The summed E-state index contributed by atoms with van der Waals surface area (Å²) in [7, 11) is -4.55. The summed E-state index contributed by atoms with van der Waals surface area (Å²) in [5, 5.41) is 2.53. The van der Waals surface area contributed by atoms with Gasteiger partial charge in [-0.25, -0.2) is 8.42 Å². The topological polar surface area (TPSA) is 101 Å². The first-order valence-corrected chi connectivity index (χ1v) is 9.59. The van der Waals surface area contributed by atoms with Crippen molar-refractivity contribution in [2.45, 2.75) is 56.3 Å². The summed E-state index contributed by atoms with van der Waals surface area (Å²) in [4.78, 5) is 11.2. The number of amides is 1. The minimum absolute atomic E-state index is 0.129. The summed E-state index contributed by atoms with van der Waals surface area (Å²) in [5.74, 6) is -0.671. The zero-order chi connectivity index (χ0) is 20.2. The van der Waals surface area contributed by atoms with E-state index >= 15 is 0 Å². The molecule has 1 atom stereocenters. The van der Waals surface area contributed by atoms with E-state index in [0.717, 1.165) is 12.1 Å². The van der Waals surface area contributed by atoms with E-state index in [1.165, 1.54) is 13.0 Å². The van der Waals surface area contributed by atoms with E-state index in [1.54, 1.807) is 0 Å². The van der Waals surface area contributed by atoms with E-state index in [4.69, 9.17) is 5.73 Å². The zero-order valence-electron chi connectivity index (χ0n) is 14.9. The van der Waals surface area contributed by atoms with Gasteiger partial charge in [-0.05, 0) is 31.9 Å². The fraction of sp³-hybridized carbons (Fsp3) is 0.562. The smallest absolute Gasteiger partial charge is 0.353 e. The second kappa shape index (κ2) is 8.36. The van der Waals surface area contributed by atoms with Crippen LogP contribution in [0.3, 0.4) is 0 Å². The molecule has 1 rings (SSSR count). The highest BCUT2D eigenvalue weighted by Crippen LogP contribution is 2.33. The maximum absolute atomic E-state index is 13.0. The monoisotopic (exact) mass is 395 g/mol. The average Bonchev–Trinajstić information content (AvgIpc) is 2.58. The van der Waals surface area contributed by atoms with Crippen LogP contribution in [0.15, 0.2) is 29.2 Å². The van der Waals surface area contributed by atoms with E-state index in [2.05, 4.69) is 5.32 Å². The number of nitrogens with two attached hydrogens (primary N) is 1. The van der Waals surface area contributed by atoms with Gasteiger partial charge >= 0.3 is 6.18 Å². The maximum Gasteiger partial charge on any atom is 0.417 e. The highest BCUT2D eigenvalue weighted by atomic mass is 32.2. The molecule has 0 fully saturated rings. The molecule has 4 N–H and O–H groups in total. The number of hydrogen-bond donors (Lipinski definition) is 3. The van der Waals surface area contributed by atoms with Crippen LogP contribution >= 0.6 is 0 Å². The summed E-state index contributed by atoms with van der Waals surface area (Å²) in [6.07, 6.45) is -3.63. The van der Waals surface area contributed by atoms with Gasteiger partial charge in [0, 0.05) is 12.1 Å². The minimum Gasteiger partial charge on any atom is -0.353 e. The number of rotatable bonds is 8. The van der Waals surface area contributed by atoms with E-state index in [-0.39, 0.29) is 6.54 Å². The predicted octanol–water partition coefficient (Wildman–Crippen LogP) is 2.01. The number of carbonyl (C=O) groups excluding carboxylic acids is 1. The second-order valence-electron chi connectivity index (χ2n) is 6.12. The molecule has 26 heavy (non-hydrogen) atoms. The van der Waals surface area contributed by atoms with Crippen molar-refractivity contribution >= 4 is 15.9 Å². The van der Waals surface area contributed by atoms with E-state index < -0.39 is 44.1 Å². The highest BCUT2D eigenvalue weighted by Gasteiger charge is 2.37. The van der Waals surface area contributed by atoms with Crippen LogP contribution in [0.25, 0.3) is 0 Å². The summed E-state index contributed by atoms with van der Waals surface area (Å²) < 4.78 is 65.7. The number of alkyl halides is 3. The lowest BCUT2D eigenvalue weighted by molar-refractivity contribution is -0.139. The Bertz CT molecular complexity index is 732. The molecule has 1 aromatic carbocycles. The summed E-state index contributed by atoms with van der Waals surface area (Å²) >= 11 is 0. The van der Waals surface area contributed by atoms with Gasteiger partial charge in [-0.2, -0.15) is 17.9 Å². The third kappa shape index (κ3) is 5.68. The molecule has 148 valence electrons. The van der Waals surface area contributed by atoms with Crippen LogP contribution in [0.4, 0.5) is 13.2 Å². The van der Waals surface area contributed by atoms with Crippen LogP contribution in [0, 0.1) is 0 Å². The lowest BCUT2D eigenvalue weighted by Crippen LogP contribution is -2.53. The molecular formula is C16H24F3N3O3S. The van der Waals surface area contributed by atoms with Gasteiger partial charge in [0.25, 0.3) is 0 Å².